The highest BCUT2D eigenvalue weighted by atomic mass is 35.5. The standard InChI is InChI=1S/C17H23ClN2O2/c18-14-3-1-12(2-4-14)17(22)13-5-8-19-16(11-13)20-9-6-15(21)7-10-20/h1-4,13,15-16,19,21H,5-11H2/t13?,16-/m1/s1. The molecule has 2 aliphatic heterocycles. The number of hydrogen-bond donors (Lipinski definition) is 2. The molecule has 0 aliphatic carbocycles. The molecule has 3 rings (SSSR count). The number of ketones is 1. The summed E-state index contributed by atoms with van der Waals surface area (Å²) in [6.45, 7) is 2.68. The van der Waals surface area contributed by atoms with Crippen LogP contribution in [-0.4, -0.2) is 47.7 Å². The van der Waals surface area contributed by atoms with E-state index in [4.69, 9.17) is 11.6 Å². The van der Waals surface area contributed by atoms with E-state index in [9.17, 15) is 9.90 Å². The molecule has 0 amide bonds. The number of carbonyl (C=O) groups is 1. The molecule has 1 aromatic rings. The van der Waals surface area contributed by atoms with E-state index in [0.29, 0.717) is 5.02 Å². The van der Waals surface area contributed by atoms with Gasteiger partial charge in [-0.05, 0) is 56.5 Å². The van der Waals surface area contributed by atoms with Crippen LogP contribution in [0.15, 0.2) is 24.3 Å². The van der Waals surface area contributed by atoms with Gasteiger partial charge < -0.3 is 10.4 Å². The summed E-state index contributed by atoms with van der Waals surface area (Å²) in [6, 6.07) is 7.19. The summed E-state index contributed by atoms with van der Waals surface area (Å²) >= 11 is 5.89. The van der Waals surface area contributed by atoms with E-state index in [1.165, 1.54) is 0 Å². The van der Waals surface area contributed by atoms with Gasteiger partial charge in [-0.15, -0.1) is 0 Å². The van der Waals surface area contributed by atoms with Crippen molar-refractivity contribution in [2.75, 3.05) is 19.6 Å². The zero-order valence-electron chi connectivity index (χ0n) is 12.7. The van der Waals surface area contributed by atoms with Gasteiger partial charge in [0.2, 0.25) is 0 Å². The van der Waals surface area contributed by atoms with E-state index in [1.807, 2.05) is 12.1 Å². The summed E-state index contributed by atoms with van der Waals surface area (Å²) in [4.78, 5) is 15.0. The average Bonchev–Trinajstić information content (AvgIpc) is 2.56. The molecule has 120 valence electrons. The van der Waals surface area contributed by atoms with E-state index in [-0.39, 0.29) is 24.0 Å². The van der Waals surface area contributed by atoms with Gasteiger partial charge in [0.25, 0.3) is 0 Å². The van der Waals surface area contributed by atoms with Gasteiger partial charge in [-0.1, -0.05) is 11.6 Å². The van der Waals surface area contributed by atoms with Gasteiger partial charge in [0.1, 0.15) is 0 Å². The summed E-state index contributed by atoms with van der Waals surface area (Å²) in [5.74, 6) is 0.291. The fourth-order valence-corrected chi connectivity index (χ4v) is 3.58. The Morgan fingerprint density at radius 2 is 1.86 bits per heavy atom. The Balaban J connectivity index is 1.62. The monoisotopic (exact) mass is 322 g/mol. The first kappa shape index (κ1) is 15.9. The van der Waals surface area contributed by atoms with Crippen LogP contribution < -0.4 is 5.32 Å². The molecule has 22 heavy (non-hydrogen) atoms. The largest absolute Gasteiger partial charge is 0.393 e. The van der Waals surface area contributed by atoms with Gasteiger partial charge in [-0.25, -0.2) is 0 Å². The second kappa shape index (κ2) is 7.09. The SMILES string of the molecule is O=C(c1ccc(Cl)cc1)C1CCN[C@H](N2CCC(O)CC2)C1. The summed E-state index contributed by atoms with van der Waals surface area (Å²) in [6.07, 6.45) is 3.47. The van der Waals surface area contributed by atoms with Crippen molar-refractivity contribution >= 4 is 17.4 Å². The van der Waals surface area contributed by atoms with Crippen LogP contribution in [0.3, 0.4) is 0 Å². The highest BCUT2D eigenvalue weighted by Crippen LogP contribution is 2.25. The highest BCUT2D eigenvalue weighted by molar-refractivity contribution is 6.30. The van der Waals surface area contributed by atoms with Crippen molar-refractivity contribution in [2.24, 2.45) is 5.92 Å². The second-order valence-electron chi connectivity index (χ2n) is 6.33. The van der Waals surface area contributed by atoms with E-state index < -0.39 is 0 Å². The lowest BCUT2D eigenvalue weighted by Crippen LogP contribution is -2.54. The molecule has 2 heterocycles. The fourth-order valence-electron chi connectivity index (χ4n) is 3.46. The minimum absolute atomic E-state index is 0.0688. The molecule has 1 unspecified atom stereocenters. The third-order valence-corrected chi connectivity index (χ3v) is 5.07. The molecule has 0 bridgehead atoms. The number of nitrogens with one attached hydrogen (secondary N) is 1. The van der Waals surface area contributed by atoms with Crippen LogP contribution in [0, 0.1) is 5.92 Å². The summed E-state index contributed by atoms with van der Waals surface area (Å²) in [7, 11) is 0. The first-order chi connectivity index (χ1) is 10.6. The quantitative estimate of drug-likeness (QED) is 0.839. The molecular formula is C17H23ClN2O2. The van der Waals surface area contributed by atoms with E-state index in [2.05, 4.69) is 10.2 Å². The number of aliphatic hydroxyl groups is 1. The number of halogens is 1. The summed E-state index contributed by atoms with van der Waals surface area (Å²) < 4.78 is 0. The number of carbonyl (C=O) groups excluding carboxylic acids is 1. The van der Waals surface area contributed by atoms with Crippen LogP contribution in [0.4, 0.5) is 0 Å². The van der Waals surface area contributed by atoms with Gasteiger partial charge in [0, 0.05) is 29.6 Å². The zero-order chi connectivity index (χ0) is 15.5. The van der Waals surface area contributed by atoms with Gasteiger partial charge in [0.15, 0.2) is 5.78 Å². The number of rotatable bonds is 3. The molecule has 2 fully saturated rings. The average molecular weight is 323 g/mol. The zero-order valence-corrected chi connectivity index (χ0v) is 13.4. The maximum Gasteiger partial charge on any atom is 0.166 e. The Kier molecular flexibility index (Phi) is 5.14. The first-order valence-corrected chi connectivity index (χ1v) is 8.46. The number of aliphatic hydroxyl groups excluding tert-OH is 1. The van der Waals surface area contributed by atoms with Crippen LogP contribution in [0.5, 0.6) is 0 Å². The van der Waals surface area contributed by atoms with Crippen molar-refractivity contribution in [2.45, 2.75) is 38.0 Å². The Morgan fingerprint density at radius 3 is 2.55 bits per heavy atom. The molecule has 2 saturated heterocycles. The Bertz CT molecular complexity index is 512. The molecule has 0 radical (unpaired) electrons. The Hall–Kier alpha value is -0.940. The summed E-state index contributed by atoms with van der Waals surface area (Å²) in [5, 5.41) is 13.8. The number of piperidine rings is 2. The highest BCUT2D eigenvalue weighted by Gasteiger charge is 2.32. The maximum absolute atomic E-state index is 12.7. The Morgan fingerprint density at radius 1 is 1.18 bits per heavy atom. The van der Waals surface area contributed by atoms with E-state index >= 15 is 0 Å². The fraction of sp³-hybridized carbons (Fsp3) is 0.588. The number of nitrogens with zero attached hydrogens (tertiary/aromatic N) is 1. The molecule has 0 spiro atoms. The predicted octanol–water partition coefficient (Wildman–Crippen LogP) is 2.31. The van der Waals surface area contributed by atoms with Crippen molar-refractivity contribution in [3.8, 4) is 0 Å². The van der Waals surface area contributed by atoms with E-state index in [1.54, 1.807) is 12.1 Å². The minimum Gasteiger partial charge on any atom is -0.393 e. The third kappa shape index (κ3) is 3.69. The predicted molar refractivity (Wildman–Crippen MR) is 87.1 cm³/mol. The van der Waals surface area contributed by atoms with Crippen LogP contribution in [0.1, 0.15) is 36.0 Å². The van der Waals surface area contributed by atoms with E-state index in [0.717, 1.165) is 50.9 Å². The molecule has 0 aromatic heterocycles. The van der Waals surface area contributed by atoms with Crippen molar-refractivity contribution in [1.29, 1.82) is 0 Å². The number of benzene rings is 1. The molecule has 1 aromatic carbocycles. The first-order valence-electron chi connectivity index (χ1n) is 8.09. The normalized spacial score (nSPS) is 27.7. The van der Waals surface area contributed by atoms with Gasteiger partial charge in [-0.3, -0.25) is 9.69 Å². The van der Waals surface area contributed by atoms with Crippen molar-refractivity contribution < 1.29 is 9.90 Å². The topological polar surface area (TPSA) is 52.6 Å². The third-order valence-electron chi connectivity index (χ3n) is 4.82. The van der Waals surface area contributed by atoms with Crippen LogP contribution in [0.2, 0.25) is 5.02 Å². The number of likely N-dealkylation sites (tertiary alicyclic amines) is 1. The number of Topliss-reactive ketones (excluding diaryl/α,β-unsaturated/α-hetero) is 1. The van der Waals surface area contributed by atoms with Gasteiger partial charge in [0.05, 0.1) is 12.3 Å². The minimum atomic E-state index is -0.161. The van der Waals surface area contributed by atoms with Gasteiger partial charge in [-0.2, -0.15) is 0 Å². The van der Waals surface area contributed by atoms with Crippen LogP contribution in [-0.2, 0) is 0 Å². The van der Waals surface area contributed by atoms with Crippen molar-refractivity contribution in [1.82, 2.24) is 10.2 Å². The number of hydrogen-bond acceptors (Lipinski definition) is 4. The van der Waals surface area contributed by atoms with Crippen LogP contribution in [0.25, 0.3) is 0 Å². The Labute approximate surface area is 136 Å². The molecular weight excluding hydrogens is 300 g/mol. The summed E-state index contributed by atoms with van der Waals surface area (Å²) in [5.41, 5.74) is 0.754. The molecule has 2 atom stereocenters. The van der Waals surface area contributed by atoms with Crippen molar-refractivity contribution in [3.63, 3.8) is 0 Å². The lowest BCUT2D eigenvalue weighted by Gasteiger charge is -2.40. The molecule has 0 saturated carbocycles. The second-order valence-corrected chi connectivity index (χ2v) is 6.77. The molecule has 2 aliphatic rings. The van der Waals surface area contributed by atoms with Crippen molar-refractivity contribution in [3.05, 3.63) is 34.9 Å². The lowest BCUT2D eigenvalue weighted by atomic mass is 9.87. The van der Waals surface area contributed by atoms with Gasteiger partial charge >= 0.3 is 0 Å². The maximum atomic E-state index is 12.7. The molecule has 2 N–H and O–H groups in total. The molecule has 4 nitrogen and oxygen atoms in total. The lowest BCUT2D eigenvalue weighted by molar-refractivity contribution is 0.0338. The smallest absolute Gasteiger partial charge is 0.166 e. The molecule has 5 heteroatoms. The van der Waals surface area contributed by atoms with Crippen LogP contribution >= 0.6 is 11.6 Å².